The van der Waals surface area contributed by atoms with Gasteiger partial charge in [-0.05, 0) is 61.4 Å². The molecule has 9 heteroatoms. The Bertz CT molecular complexity index is 1580. The van der Waals surface area contributed by atoms with E-state index in [0.717, 1.165) is 17.5 Å². The van der Waals surface area contributed by atoms with Crippen molar-refractivity contribution in [3.8, 4) is 17.2 Å². The number of aliphatic hydroxyl groups excluding tert-OH is 1. The Balaban J connectivity index is 1.63. The molecular formula is C31H30N2O6S. The lowest BCUT2D eigenvalue weighted by Crippen LogP contribution is -2.29. The number of ketones is 1. The van der Waals surface area contributed by atoms with Crippen molar-refractivity contribution in [2.45, 2.75) is 32.7 Å². The molecule has 8 nitrogen and oxygen atoms in total. The highest BCUT2D eigenvalue weighted by Crippen LogP contribution is 2.45. The van der Waals surface area contributed by atoms with Crippen LogP contribution in [0.3, 0.4) is 0 Å². The van der Waals surface area contributed by atoms with Crippen LogP contribution in [0.5, 0.6) is 17.2 Å². The molecule has 0 aliphatic carbocycles. The maximum atomic E-state index is 13.6. The summed E-state index contributed by atoms with van der Waals surface area (Å²) in [6.07, 6.45) is 1.89. The smallest absolute Gasteiger partial charge is 0.301 e. The van der Waals surface area contributed by atoms with E-state index in [0.29, 0.717) is 52.2 Å². The number of hydrogen-bond donors (Lipinski definition) is 1. The Labute approximate surface area is 236 Å². The van der Waals surface area contributed by atoms with E-state index >= 15 is 0 Å². The Morgan fingerprint density at radius 2 is 1.75 bits per heavy atom. The lowest BCUT2D eigenvalue weighted by molar-refractivity contribution is -0.132. The molecule has 1 aliphatic heterocycles. The molecule has 1 atom stereocenters. The summed E-state index contributed by atoms with van der Waals surface area (Å²) in [5, 5.41) is 11.9. The lowest BCUT2D eigenvalue weighted by Gasteiger charge is -2.23. The summed E-state index contributed by atoms with van der Waals surface area (Å²) in [5.74, 6) is 0.0707. The van der Waals surface area contributed by atoms with Gasteiger partial charge in [-0.15, -0.1) is 0 Å². The maximum Gasteiger partial charge on any atom is 0.301 e. The van der Waals surface area contributed by atoms with Crippen LogP contribution in [-0.2, 0) is 9.59 Å². The monoisotopic (exact) mass is 558 g/mol. The van der Waals surface area contributed by atoms with Crippen LogP contribution in [0.1, 0.15) is 43.9 Å². The van der Waals surface area contributed by atoms with Gasteiger partial charge in [-0.1, -0.05) is 48.9 Å². The molecule has 1 aromatic heterocycles. The number of hydrogen-bond acceptors (Lipinski definition) is 8. The van der Waals surface area contributed by atoms with Crippen LogP contribution in [0.25, 0.3) is 16.0 Å². The molecule has 206 valence electrons. The largest absolute Gasteiger partial charge is 0.507 e. The molecule has 4 aromatic rings. The minimum absolute atomic E-state index is 0.0169. The van der Waals surface area contributed by atoms with Crippen molar-refractivity contribution in [1.82, 2.24) is 4.98 Å². The number of carbonyl (C=O) groups excluding carboxylic acids is 2. The molecular weight excluding hydrogens is 528 g/mol. The molecule has 40 heavy (non-hydrogen) atoms. The van der Waals surface area contributed by atoms with E-state index in [1.54, 1.807) is 67.8 Å². The van der Waals surface area contributed by atoms with Gasteiger partial charge >= 0.3 is 5.91 Å². The van der Waals surface area contributed by atoms with E-state index in [1.807, 2.05) is 13.0 Å². The second-order valence-electron chi connectivity index (χ2n) is 9.23. The van der Waals surface area contributed by atoms with Crippen molar-refractivity contribution in [3.63, 3.8) is 0 Å². The first-order chi connectivity index (χ1) is 19.4. The van der Waals surface area contributed by atoms with Crippen molar-refractivity contribution < 1.29 is 28.9 Å². The molecule has 0 saturated carbocycles. The second kappa shape index (κ2) is 11.8. The van der Waals surface area contributed by atoms with Gasteiger partial charge in [-0.3, -0.25) is 14.5 Å². The van der Waals surface area contributed by atoms with Crippen molar-refractivity contribution in [2.24, 2.45) is 0 Å². The summed E-state index contributed by atoms with van der Waals surface area (Å²) in [7, 11) is 1.58. The molecule has 2 heterocycles. The third-order valence-corrected chi connectivity index (χ3v) is 7.63. The fourth-order valence-corrected chi connectivity index (χ4v) is 5.62. The summed E-state index contributed by atoms with van der Waals surface area (Å²) < 4.78 is 17.5. The number of nitrogens with zero attached hydrogens (tertiary/aromatic N) is 2. The summed E-state index contributed by atoms with van der Waals surface area (Å²) in [5.41, 5.74) is 1.68. The highest BCUT2D eigenvalue weighted by atomic mass is 32.1. The van der Waals surface area contributed by atoms with Gasteiger partial charge in [0.05, 0.1) is 42.2 Å². The summed E-state index contributed by atoms with van der Waals surface area (Å²) in [4.78, 5) is 33.2. The Morgan fingerprint density at radius 1 is 0.975 bits per heavy atom. The summed E-state index contributed by atoms with van der Waals surface area (Å²) >= 11 is 1.28. The minimum atomic E-state index is -0.900. The number of rotatable bonds is 10. The number of methoxy groups -OCH3 is 1. The molecule has 0 spiro atoms. The van der Waals surface area contributed by atoms with E-state index in [-0.39, 0.29) is 11.3 Å². The van der Waals surface area contributed by atoms with Gasteiger partial charge in [0, 0.05) is 5.56 Å². The van der Waals surface area contributed by atoms with Gasteiger partial charge in [-0.2, -0.15) is 0 Å². The van der Waals surface area contributed by atoms with E-state index in [4.69, 9.17) is 14.2 Å². The van der Waals surface area contributed by atoms with E-state index in [9.17, 15) is 14.7 Å². The quantitative estimate of drug-likeness (QED) is 0.103. The number of fused-ring (bicyclic) bond motifs is 1. The van der Waals surface area contributed by atoms with Gasteiger partial charge in [0.15, 0.2) is 5.13 Å². The molecule has 1 N–H and O–H groups in total. The summed E-state index contributed by atoms with van der Waals surface area (Å²) in [6, 6.07) is 18.6. The van der Waals surface area contributed by atoms with Gasteiger partial charge in [0.25, 0.3) is 5.78 Å². The molecule has 0 bridgehead atoms. The molecule has 0 radical (unpaired) electrons. The normalized spacial score (nSPS) is 16.5. The molecule has 1 amide bonds. The third-order valence-electron chi connectivity index (χ3n) is 6.62. The van der Waals surface area contributed by atoms with Crippen LogP contribution in [0.2, 0.25) is 0 Å². The standard InChI is InChI=1S/C31H30N2O6S/c1-4-6-16-39-23-9-7-8-20(17-23)28(34)26-27(19-10-12-21(13-11-19)38-5-2)33(30(36)29(26)35)31-32-24-15-14-22(37-3)18-25(24)40-31/h7-15,17-18,27,34H,4-6,16H2,1-3H3/b28-26+. The van der Waals surface area contributed by atoms with Gasteiger partial charge in [0.1, 0.15) is 23.0 Å². The highest BCUT2D eigenvalue weighted by molar-refractivity contribution is 7.22. The predicted molar refractivity (Wildman–Crippen MR) is 155 cm³/mol. The Kier molecular flexibility index (Phi) is 8.02. The molecule has 1 aliphatic rings. The van der Waals surface area contributed by atoms with Gasteiger partial charge < -0.3 is 19.3 Å². The molecule has 1 saturated heterocycles. The average Bonchev–Trinajstić information content (AvgIpc) is 3.51. The lowest BCUT2D eigenvalue weighted by atomic mass is 9.95. The van der Waals surface area contributed by atoms with Crippen LogP contribution in [0.4, 0.5) is 5.13 Å². The molecule has 1 fully saturated rings. The van der Waals surface area contributed by atoms with Crippen LogP contribution in [0.15, 0.2) is 72.3 Å². The molecule has 1 unspecified atom stereocenters. The zero-order chi connectivity index (χ0) is 28.2. The van der Waals surface area contributed by atoms with Gasteiger partial charge in [0.2, 0.25) is 0 Å². The zero-order valence-corrected chi connectivity index (χ0v) is 23.4. The molecule has 3 aromatic carbocycles. The van der Waals surface area contributed by atoms with Crippen LogP contribution in [-0.4, -0.2) is 42.1 Å². The van der Waals surface area contributed by atoms with Gasteiger partial charge in [-0.25, -0.2) is 4.98 Å². The number of Topliss-reactive ketones (excluding diaryl/α,β-unsaturated/α-hetero) is 1. The number of amides is 1. The number of unbranched alkanes of at least 4 members (excludes halogenated alkanes) is 1. The first-order valence-corrected chi connectivity index (χ1v) is 14.0. The first-order valence-electron chi connectivity index (χ1n) is 13.2. The number of aliphatic hydroxyl groups is 1. The number of aromatic nitrogens is 1. The topological polar surface area (TPSA) is 98.2 Å². The van der Waals surface area contributed by atoms with Crippen LogP contribution in [0, 0.1) is 0 Å². The van der Waals surface area contributed by atoms with Crippen LogP contribution < -0.4 is 19.1 Å². The number of ether oxygens (including phenoxy) is 3. The van der Waals surface area contributed by atoms with E-state index < -0.39 is 17.7 Å². The fraction of sp³-hybridized carbons (Fsp3) is 0.258. The zero-order valence-electron chi connectivity index (χ0n) is 22.5. The number of carbonyl (C=O) groups is 2. The molecule has 5 rings (SSSR count). The van der Waals surface area contributed by atoms with Crippen LogP contribution >= 0.6 is 11.3 Å². The average molecular weight is 559 g/mol. The van der Waals surface area contributed by atoms with Crippen molar-refractivity contribution in [1.29, 1.82) is 0 Å². The Hall–Kier alpha value is -4.37. The number of benzene rings is 3. The Morgan fingerprint density at radius 3 is 2.48 bits per heavy atom. The second-order valence-corrected chi connectivity index (χ2v) is 10.2. The number of thiazole rings is 1. The minimum Gasteiger partial charge on any atom is -0.507 e. The highest BCUT2D eigenvalue weighted by Gasteiger charge is 2.48. The predicted octanol–water partition coefficient (Wildman–Crippen LogP) is 6.51. The van der Waals surface area contributed by atoms with Crippen molar-refractivity contribution in [3.05, 3.63) is 83.4 Å². The van der Waals surface area contributed by atoms with E-state index in [2.05, 4.69) is 11.9 Å². The fourth-order valence-electron chi connectivity index (χ4n) is 4.60. The maximum absolute atomic E-state index is 13.6. The SMILES string of the molecule is CCCCOc1cccc(/C(O)=C2\C(=O)C(=O)N(c3nc4ccc(OC)cc4s3)C2c2ccc(OCC)cc2)c1. The third kappa shape index (κ3) is 5.24. The van der Waals surface area contributed by atoms with Crippen molar-refractivity contribution in [2.75, 3.05) is 25.2 Å². The summed E-state index contributed by atoms with van der Waals surface area (Å²) in [6.45, 7) is 5.02. The van der Waals surface area contributed by atoms with Crippen molar-refractivity contribution >= 4 is 44.1 Å². The number of anilines is 1. The first kappa shape index (κ1) is 27.2. The van der Waals surface area contributed by atoms with E-state index in [1.165, 1.54) is 16.2 Å².